The Morgan fingerprint density at radius 3 is 2.58 bits per heavy atom. The number of hydrogen-bond donors (Lipinski definition) is 2. The van der Waals surface area contributed by atoms with Gasteiger partial charge in [0.15, 0.2) is 11.6 Å². The number of nitrogen functional groups attached to an aromatic ring is 1. The van der Waals surface area contributed by atoms with E-state index in [9.17, 15) is 19.7 Å². The summed E-state index contributed by atoms with van der Waals surface area (Å²) < 4.78 is 21.0. The maximum atomic E-state index is 14.6. The van der Waals surface area contributed by atoms with E-state index in [-0.39, 0.29) is 40.9 Å². The highest BCUT2D eigenvalue weighted by molar-refractivity contribution is 7.16. The van der Waals surface area contributed by atoms with Crippen LogP contribution in [0.3, 0.4) is 0 Å². The highest BCUT2D eigenvalue weighted by Gasteiger charge is 2.52. The molecular weight excluding hydrogens is 681 g/mol. The summed E-state index contributed by atoms with van der Waals surface area (Å²) in [5.41, 5.74) is 13.9. The van der Waals surface area contributed by atoms with E-state index < -0.39 is 17.6 Å². The van der Waals surface area contributed by atoms with Crippen molar-refractivity contribution in [1.29, 1.82) is 10.5 Å². The highest BCUT2D eigenvalue weighted by Crippen LogP contribution is 2.51. The molecule has 0 unspecified atom stereocenters. The Balaban J connectivity index is 1.25. The quantitative estimate of drug-likeness (QED) is 0.402. The monoisotopic (exact) mass is 721 g/mol. The third kappa shape index (κ3) is 5.79. The fourth-order valence-corrected chi connectivity index (χ4v) is 9.87. The van der Waals surface area contributed by atoms with Crippen LogP contribution in [-0.4, -0.2) is 110 Å². The van der Waals surface area contributed by atoms with Gasteiger partial charge in [-0.2, -0.15) is 20.5 Å². The standard InChI is InChI=1S/C34H41ClFN11O2S/c1-44(2)31(48)27(39)26(35)23-16-45(10-5-9-41-23)29-22(14-38)30(43-32(42-29)49-19-34-8-4-11-47(34)15-20(36)12-34)46-17-33(18-46)7-3-6-24-25(33)21(13-37)28(40)50-24/h20H,3-12,15-19,39-40H2,1-2H3/t20-,34+/m1/s1. The van der Waals surface area contributed by atoms with Gasteiger partial charge < -0.3 is 30.9 Å². The molecule has 4 N–H and O–H groups in total. The van der Waals surface area contributed by atoms with Crippen LogP contribution >= 0.6 is 22.9 Å². The SMILES string of the molecule is CN(C)C(=O)C(N)=C(Cl)C1=NCCCN(c2nc(OC[C@@]34CCCN3C[C@H](F)C4)nc(N3CC4(CCCc5sc(N)c(C#N)c54)C3)c2C#N)C1. The largest absolute Gasteiger partial charge is 0.461 e. The highest BCUT2D eigenvalue weighted by atomic mass is 35.5. The average molecular weight is 722 g/mol. The minimum Gasteiger partial charge on any atom is -0.461 e. The molecule has 16 heteroatoms. The Hall–Kier alpha value is -4.18. The number of aliphatic imine (C=N–C) groups is 1. The second kappa shape index (κ2) is 13.2. The van der Waals surface area contributed by atoms with E-state index in [1.165, 1.54) is 16.2 Å². The van der Waals surface area contributed by atoms with E-state index in [2.05, 4.69) is 26.9 Å². The lowest BCUT2D eigenvalue weighted by molar-refractivity contribution is -0.124. The molecule has 0 saturated carbocycles. The third-order valence-electron chi connectivity index (χ3n) is 10.8. The lowest BCUT2D eigenvalue weighted by Crippen LogP contribution is -2.61. The van der Waals surface area contributed by atoms with E-state index in [1.807, 2.05) is 4.90 Å². The van der Waals surface area contributed by atoms with Crippen molar-refractivity contribution >= 4 is 51.2 Å². The van der Waals surface area contributed by atoms with Gasteiger partial charge in [-0.3, -0.25) is 14.7 Å². The number of nitrogens with zero attached hydrogens (tertiary/aromatic N) is 9. The van der Waals surface area contributed by atoms with Crippen molar-refractivity contribution < 1.29 is 13.9 Å². The van der Waals surface area contributed by atoms with Crippen molar-refractivity contribution in [3.05, 3.63) is 32.3 Å². The molecule has 4 aliphatic heterocycles. The molecule has 264 valence electrons. The van der Waals surface area contributed by atoms with E-state index >= 15 is 0 Å². The minimum atomic E-state index is -0.909. The molecule has 50 heavy (non-hydrogen) atoms. The molecular formula is C34H41ClFN11O2S. The molecule has 7 rings (SSSR count). The number of thiophene rings is 1. The average Bonchev–Trinajstić information content (AvgIpc) is 3.65. The summed E-state index contributed by atoms with van der Waals surface area (Å²) in [5, 5.41) is 21.3. The van der Waals surface area contributed by atoms with Crippen molar-refractivity contribution in [3.63, 3.8) is 0 Å². The van der Waals surface area contributed by atoms with Gasteiger partial charge in [0.25, 0.3) is 5.91 Å². The van der Waals surface area contributed by atoms with Crippen LogP contribution in [0.4, 0.5) is 21.0 Å². The normalized spacial score (nSPS) is 24.7. The maximum absolute atomic E-state index is 14.6. The zero-order valence-corrected chi connectivity index (χ0v) is 29.9. The predicted molar refractivity (Wildman–Crippen MR) is 190 cm³/mol. The summed E-state index contributed by atoms with van der Waals surface area (Å²) in [5.74, 6) is 0.370. The number of fused-ring (bicyclic) bond motifs is 3. The van der Waals surface area contributed by atoms with E-state index in [0.29, 0.717) is 73.5 Å². The smallest absolute Gasteiger partial charge is 0.320 e. The van der Waals surface area contributed by atoms with Gasteiger partial charge in [0.2, 0.25) is 0 Å². The van der Waals surface area contributed by atoms with Crippen LogP contribution in [0.1, 0.15) is 60.1 Å². The van der Waals surface area contributed by atoms with Crippen molar-refractivity contribution in [3.8, 4) is 18.1 Å². The number of carbonyl (C=O) groups excluding carboxylic acids is 1. The van der Waals surface area contributed by atoms with Crippen molar-refractivity contribution in [1.82, 2.24) is 19.8 Å². The Labute approximate surface area is 299 Å². The zero-order chi connectivity index (χ0) is 35.4. The van der Waals surface area contributed by atoms with Crippen LogP contribution in [0.2, 0.25) is 0 Å². The maximum Gasteiger partial charge on any atom is 0.320 e. The van der Waals surface area contributed by atoms with Gasteiger partial charge in [0, 0.05) is 63.5 Å². The summed E-state index contributed by atoms with van der Waals surface area (Å²) in [6.07, 6.45) is 4.70. The molecule has 1 spiro atoms. The second-order valence-electron chi connectivity index (χ2n) is 14.3. The van der Waals surface area contributed by atoms with Gasteiger partial charge in [-0.25, -0.2) is 4.39 Å². The van der Waals surface area contributed by atoms with E-state index in [4.69, 9.17) is 37.8 Å². The topological polar surface area (TPSA) is 177 Å². The molecule has 1 amide bonds. The van der Waals surface area contributed by atoms with Gasteiger partial charge in [-0.1, -0.05) is 11.6 Å². The first-order valence-corrected chi connectivity index (χ1v) is 18.2. The molecule has 3 fully saturated rings. The number of carbonyl (C=O) groups is 1. The molecule has 13 nitrogen and oxygen atoms in total. The first-order chi connectivity index (χ1) is 24.0. The number of alkyl halides is 1. The van der Waals surface area contributed by atoms with Crippen LogP contribution in [0.5, 0.6) is 6.01 Å². The van der Waals surface area contributed by atoms with Crippen LogP contribution < -0.4 is 26.0 Å². The molecule has 6 heterocycles. The van der Waals surface area contributed by atoms with Gasteiger partial charge in [0.05, 0.1) is 28.4 Å². The summed E-state index contributed by atoms with van der Waals surface area (Å²) in [4.78, 5) is 35.6. The van der Waals surface area contributed by atoms with Gasteiger partial charge >= 0.3 is 6.01 Å². The van der Waals surface area contributed by atoms with Crippen LogP contribution in [0, 0.1) is 22.7 Å². The third-order valence-corrected chi connectivity index (χ3v) is 12.3. The first kappa shape index (κ1) is 34.3. The zero-order valence-electron chi connectivity index (χ0n) is 28.3. The lowest BCUT2D eigenvalue weighted by atomic mass is 9.66. The predicted octanol–water partition coefficient (Wildman–Crippen LogP) is 3.06. The van der Waals surface area contributed by atoms with Crippen LogP contribution in [0.25, 0.3) is 0 Å². The number of ether oxygens (including phenoxy) is 1. The number of hydrogen-bond acceptors (Lipinski definition) is 13. The number of nitriles is 2. The van der Waals surface area contributed by atoms with E-state index in [0.717, 1.165) is 49.1 Å². The summed E-state index contributed by atoms with van der Waals surface area (Å²) in [7, 11) is 3.19. The fourth-order valence-electron chi connectivity index (χ4n) is 8.49. The molecule has 5 aliphatic rings. The molecule has 2 aromatic rings. The number of halogens is 2. The summed E-state index contributed by atoms with van der Waals surface area (Å²) in [6.45, 7) is 3.66. The molecule has 2 aromatic heterocycles. The van der Waals surface area contributed by atoms with Crippen molar-refractivity contribution in [2.45, 2.75) is 62.1 Å². The van der Waals surface area contributed by atoms with Crippen molar-refractivity contribution in [2.24, 2.45) is 10.7 Å². The van der Waals surface area contributed by atoms with Gasteiger partial charge in [0.1, 0.15) is 41.2 Å². The number of rotatable bonds is 7. The number of aryl methyl sites for hydroxylation is 1. The molecule has 3 saturated heterocycles. The summed E-state index contributed by atoms with van der Waals surface area (Å²) >= 11 is 8.18. The Morgan fingerprint density at radius 1 is 1.12 bits per heavy atom. The van der Waals surface area contributed by atoms with Crippen LogP contribution in [-0.2, 0) is 16.6 Å². The molecule has 1 aliphatic carbocycles. The van der Waals surface area contributed by atoms with Gasteiger partial charge in [-0.05, 0) is 50.6 Å². The Bertz CT molecular complexity index is 1860. The number of anilines is 3. The number of amides is 1. The number of likely N-dealkylation sites (N-methyl/N-ethyl adjacent to an activating group) is 1. The number of nitrogens with two attached hydrogens (primary N) is 2. The summed E-state index contributed by atoms with van der Waals surface area (Å²) in [6, 6.07) is 4.82. The van der Waals surface area contributed by atoms with Crippen LogP contribution in [0.15, 0.2) is 15.7 Å². The lowest BCUT2D eigenvalue weighted by Gasteiger charge is -2.53. The minimum absolute atomic E-state index is 0.0587. The molecule has 0 aromatic carbocycles. The Kier molecular flexibility index (Phi) is 9.03. The van der Waals surface area contributed by atoms with Crippen molar-refractivity contribution in [2.75, 3.05) is 82.0 Å². The Morgan fingerprint density at radius 2 is 1.86 bits per heavy atom. The molecule has 2 atom stereocenters. The molecule has 0 bridgehead atoms. The van der Waals surface area contributed by atoms with E-state index in [1.54, 1.807) is 14.1 Å². The van der Waals surface area contributed by atoms with Gasteiger partial charge in [-0.15, -0.1) is 11.3 Å². The fraction of sp³-hybridized carbons (Fsp3) is 0.588. The second-order valence-corrected chi connectivity index (χ2v) is 15.8. The first-order valence-electron chi connectivity index (χ1n) is 17.1. The molecule has 0 radical (unpaired) electrons. The number of aromatic nitrogens is 2.